The number of benzene rings is 1. The SMILES string of the molecule is CC(C)CC(NC(=O)CCOc1ccccc1)C(=O)O. The van der Waals surface area contributed by atoms with Gasteiger partial charge in [-0.15, -0.1) is 0 Å². The summed E-state index contributed by atoms with van der Waals surface area (Å²) in [5.74, 6) is -0.417. The van der Waals surface area contributed by atoms with Gasteiger partial charge in [0.15, 0.2) is 0 Å². The predicted octanol–water partition coefficient (Wildman–Crippen LogP) is 2.07. The van der Waals surface area contributed by atoms with Crippen LogP contribution in [0.1, 0.15) is 26.7 Å². The molecule has 1 unspecified atom stereocenters. The number of rotatable bonds is 8. The highest BCUT2D eigenvalue weighted by atomic mass is 16.5. The lowest BCUT2D eigenvalue weighted by Crippen LogP contribution is -2.42. The minimum atomic E-state index is -1.00. The van der Waals surface area contributed by atoms with E-state index in [1.54, 1.807) is 12.1 Å². The van der Waals surface area contributed by atoms with Crippen LogP contribution in [-0.2, 0) is 9.59 Å². The van der Waals surface area contributed by atoms with Crippen LogP contribution in [0.3, 0.4) is 0 Å². The Balaban J connectivity index is 2.33. The van der Waals surface area contributed by atoms with Crippen LogP contribution >= 0.6 is 0 Å². The summed E-state index contributed by atoms with van der Waals surface area (Å²) in [5, 5.41) is 11.5. The molecule has 0 heterocycles. The van der Waals surface area contributed by atoms with Crippen molar-refractivity contribution in [3.05, 3.63) is 30.3 Å². The van der Waals surface area contributed by atoms with Gasteiger partial charge in [0.2, 0.25) is 5.91 Å². The Morgan fingerprint density at radius 2 is 1.90 bits per heavy atom. The van der Waals surface area contributed by atoms with E-state index in [-0.39, 0.29) is 24.9 Å². The van der Waals surface area contributed by atoms with Crippen LogP contribution in [0.5, 0.6) is 5.75 Å². The van der Waals surface area contributed by atoms with E-state index in [0.717, 1.165) is 0 Å². The van der Waals surface area contributed by atoms with Gasteiger partial charge in [0.25, 0.3) is 0 Å². The molecule has 5 heteroatoms. The third kappa shape index (κ3) is 6.22. The molecule has 0 saturated heterocycles. The van der Waals surface area contributed by atoms with E-state index in [1.807, 2.05) is 32.0 Å². The summed E-state index contributed by atoms with van der Waals surface area (Å²) in [7, 11) is 0. The zero-order valence-electron chi connectivity index (χ0n) is 11.8. The van der Waals surface area contributed by atoms with Gasteiger partial charge < -0.3 is 15.2 Å². The molecule has 1 rings (SSSR count). The van der Waals surface area contributed by atoms with Crippen LogP contribution in [0, 0.1) is 5.92 Å². The Kier molecular flexibility index (Phi) is 6.56. The quantitative estimate of drug-likeness (QED) is 0.764. The normalized spacial score (nSPS) is 11.9. The first-order valence-electron chi connectivity index (χ1n) is 6.69. The van der Waals surface area contributed by atoms with Gasteiger partial charge >= 0.3 is 5.97 Å². The van der Waals surface area contributed by atoms with Crippen LogP contribution in [0.4, 0.5) is 0 Å². The fourth-order valence-corrected chi connectivity index (χ4v) is 1.74. The first kappa shape index (κ1) is 16.0. The average Bonchev–Trinajstić information content (AvgIpc) is 2.38. The van der Waals surface area contributed by atoms with E-state index < -0.39 is 12.0 Å². The first-order valence-corrected chi connectivity index (χ1v) is 6.69. The van der Waals surface area contributed by atoms with E-state index in [2.05, 4.69) is 5.32 Å². The second kappa shape index (κ2) is 8.19. The molecule has 0 spiro atoms. The van der Waals surface area contributed by atoms with Gasteiger partial charge in [-0.1, -0.05) is 32.0 Å². The summed E-state index contributed by atoms with van der Waals surface area (Å²) in [4.78, 5) is 22.7. The van der Waals surface area contributed by atoms with Crippen LogP contribution in [0.2, 0.25) is 0 Å². The maximum atomic E-state index is 11.7. The van der Waals surface area contributed by atoms with Gasteiger partial charge in [-0.05, 0) is 24.5 Å². The largest absolute Gasteiger partial charge is 0.493 e. The molecule has 0 aromatic heterocycles. The highest BCUT2D eigenvalue weighted by Gasteiger charge is 2.20. The van der Waals surface area contributed by atoms with Crippen molar-refractivity contribution in [2.24, 2.45) is 5.92 Å². The summed E-state index contributed by atoms with van der Waals surface area (Å²) in [5.41, 5.74) is 0. The van der Waals surface area contributed by atoms with Gasteiger partial charge in [-0.25, -0.2) is 4.79 Å². The lowest BCUT2D eigenvalue weighted by atomic mass is 10.0. The van der Waals surface area contributed by atoms with Crippen LogP contribution < -0.4 is 10.1 Å². The van der Waals surface area contributed by atoms with E-state index in [0.29, 0.717) is 12.2 Å². The van der Waals surface area contributed by atoms with Crippen LogP contribution in [0.15, 0.2) is 30.3 Å². The average molecular weight is 279 g/mol. The molecule has 1 aromatic rings. The highest BCUT2D eigenvalue weighted by molar-refractivity contribution is 5.83. The van der Waals surface area contributed by atoms with E-state index in [1.165, 1.54) is 0 Å². The van der Waals surface area contributed by atoms with Crippen molar-refractivity contribution < 1.29 is 19.4 Å². The van der Waals surface area contributed by atoms with Gasteiger partial charge in [0.05, 0.1) is 13.0 Å². The number of nitrogens with one attached hydrogen (secondary N) is 1. The molecule has 5 nitrogen and oxygen atoms in total. The third-order valence-electron chi connectivity index (χ3n) is 2.68. The molecule has 110 valence electrons. The maximum absolute atomic E-state index is 11.7. The lowest BCUT2D eigenvalue weighted by molar-refractivity contribution is -0.142. The lowest BCUT2D eigenvalue weighted by Gasteiger charge is -2.16. The predicted molar refractivity (Wildman–Crippen MR) is 75.6 cm³/mol. The van der Waals surface area contributed by atoms with Crippen molar-refractivity contribution in [3.8, 4) is 5.75 Å². The molecule has 0 bridgehead atoms. The Labute approximate surface area is 118 Å². The summed E-state index contributed by atoms with van der Waals surface area (Å²) in [6, 6.07) is 8.34. The van der Waals surface area contributed by atoms with Crippen molar-refractivity contribution in [1.82, 2.24) is 5.32 Å². The molecule has 1 atom stereocenters. The zero-order chi connectivity index (χ0) is 15.0. The Bertz CT molecular complexity index is 431. The molecular weight excluding hydrogens is 258 g/mol. The topological polar surface area (TPSA) is 75.6 Å². The second-order valence-electron chi connectivity index (χ2n) is 5.00. The number of aliphatic carboxylic acids is 1. The molecule has 1 aromatic carbocycles. The Hall–Kier alpha value is -2.04. The van der Waals surface area contributed by atoms with Crippen molar-refractivity contribution in [2.45, 2.75) is 32.7 Å². The van der Waals surface area contributed by atoms with Gasteiger partial charge in [0.1, 0.15) is 11.8 Å². The number of carbonyl (C=O) groups is 2. The number of carboxylic acid groups (broad SMARTS) is 1. The molecule has 20 heavy (non-hydrogen) atoms. The van der Waals surface area contributed by atoms with Crippen molar-refractivity contribution in [2.75, 3.05) is 6.61 Å². The third-order valence-corrected chi connectivity index (χ3v) is 2.68. The fraction of sp³-hybridized carbons (Fsp3) is 0.467. The number of carbonyl (C=O) groups excluding carboxylic acids is 1. The van der Waals surface area contributed by atoms with Crippen LogP contribution in [0.25, 0.3) is 0 Å². The van der Waals surface area contributed by atoms with Crippen LogP contribution in [-0.4, -0.2) is 29.6 Å². The summed E-state index contributed by atoms with van der Waals surface area (Å²) >= 11 is 0. The van der Waals surface area contributed by atoms with Crippen molar-refractivity contribution in [3.63, 3.8) is 0 Å². The number of para-hydroxylation sites is 1. The minimum absolute atomic E-state index is 0.136. The standard InChI is InChI=1S/C15H21NO4/c1-11(2)10-13(15(18)19)16-14(17)8-9-20-12-6-4-3-5-7-12/h3-7,11,13H,8-10H2,1-2H3,(H,16,17)(H,18,19). The Morgan fingerprint density at radius 1 is 1.25 bits per heavy atom. The molecule has 0 aliphatic rings. The summed E-state index contributed by atoms with van der Waals surface area (Å²) in [6.45, 7) is 4.06. The molecule has 0 aliphatic heterocycles. The smallest absolute Gasteiger partial charge is 0.326 e. The number of hydrogen-bond donors (Lipinski definition) is 2. The summed E-state index contributed by atoms with van der Waals surface area (Å²) < 4.78 is 5.39. The minimum Gasteiger partial charge on any atom is -0.493 e. The monoisotopic (exact) mass is 279 g/mol. The molecule has 0 saturated carbocycles. The second-order valence-corrected chi connectivity index (χ2v) is 5.00. The molecule has 1 amide bonds. The highest BCUT2D eigenvalue weighted by Crippen LogP contribution is 2.09. The van der Waals surface area contributed by atoms with Crippen molar-refractivity contribution >= 4 is 11.9 Å². The zero-order valence-corrected chi connectivity index (χ0v) is 11.8. The molecule has 0 fully saturated rings. The first-order chi connectivity index (χ1) is 9.49. The maximum Gasteiger partial charge on any atom is 0.326 e. The van der Waals surface area contributed by atoms with E-state index in [9.17, 15) is 9.59 Å². The molecular formula is C15H21NO4. The van der Waals surface area contributed by atoms with E-state index in [4.69, 9.17) is 9.84 Å². The van der Waals surface area contributed by atoms with Gasteiger partial charge in [-0.2, -0.15) is 0 Å². The molecule has 0 radical (unpaired) electrons. The molecule has 0 aliphatic carbocycles. The van der Waals surface area contributed by atoms with Gasteiger partial charge in [-0.3, -0.25) is 4.79 Å². The molecule has 2 N–H and O–H groups in total. The number of amides is 1. The fourth-order valence-electron chi connectivity index (χ4n) is 1.74. The summed E-state index contributed by atoms with van der Waals surface area (Å²) in [6.07, 6.45) is 0.553. The number of carboxylic acids is 1. The number of ether oxygens (including phenoxy) is 1. The van der Waals surface area contributed by atoms with Crippen molar-refractivity contribution in [1.29, 1.82) is 0 Å². The Morgan fingerprint density at radius 3 is 2.45 bits per heavy atom. The van der Waals surface area contributed by atoms with E-state index >= 15 is 0 Å². The number of hydrogen-bond acceptors (Lipinski definition) is 3. The van der Waals surface area contributed by atoms with Gasteiger partial charge in [0, 0.05) is 0 Å².